The Balaban J connectivity index is 2.35. The Hall–Kier alpha value is -1.02. The highest BCUT2D eigenvalue weighted by Gasteiger charge is 2.01. The first-order valence-electron chi connectivity index (χ1n) is 3.88. The molecule has 60 valence electrons. The number of nitrogens with zero attached hydrogens (tertiary/aromatic N) is 1. The maximum Gasteiger partial charge on any atom is 0.0662 e. The molecule has 0 saturated heterocycles. The summed E-state index contributed by atoms with van der Waals surface area (Å²) in [6.07, 6.45) is 5.00. The van der Waals surface area contributed by atoms with Crippen LogP contribution < -0.4 is 0 Å². The van der Waals surface area contributed by atoms with Crippen LogP contribution in [0.1, 0.15) is 12.0 Å². The molecule has 0 spiro atoms. The summed E-state index contributed by atoms with van der Waals surface area (Å²) in [5.74, 6) is 0. The number of allylic oxidation sites excluding steroid dienone is 1. The van der Waals surface area contributed by atoms with Gasteiger partial charge in [0.1, 0.15) is 0 Å². The van der Waals surface area contributed by atoms with Crippen molar-refractivity contribution in [3.63, 3.8) is 0 Å². The molecule has 2 heteroatoms. The third-order valence-electron chi connectivity index (χ3n) is 1.81. The van der Waals surface area contributed by atoms with Crippen LogP contribution in [0.2, 0.25) is 0 Å². The molecular weight excluding hydrogens is 166 g/mol. The summed E-state index contributed by atoms with van der Waals surface area (Å²) in [4.78, 5) is 5.23. The highest BCUT2D eigenvalue weighted by atomic mass is 32.1. The van der Waals surface area contributed by atoms with Crippen molar-refractivity contribution in [1.29, 1.82) is 0 Å². The van der Waals surface area contributed by atoms with Crippen molar-refractivity contribution in [3.8, 4) is 0 Å². The number of hydrogen-bond acceptors (Lipinski definition) is 2. The second-order valence-corrected chi connectivity index (χ2v) is 3.20. The first kappa shape index (κ1) is 7.62. The van der Waals surface area contributed by atoms with E-state index >= 15 is 0 Å². The Morgan fingerprint density at radius 1 is 1.17 bits per heavy atom. The minimum atomic E-state index is 0.956. The van der Waals surface area contributed by atoms with E-state index in [9.17, 15) is 0 Å². The van der Waals surface area contributed by atoms with Gasteiger partial charge in [-0.1, -0.05) is 18.2 Å². The van der Waals surface area contributed by atoms with Crippen LogP contribution in [0.15, 0.2) is 40.2 Å². The Morgan fingerprint density at radius 3 is 2.50 bits per heavy atom. The van der Waals surface area contributed by atoms with Crippen molar-refractivity contribution in [2.24, 2.45) is 4.99 Å². The molecule has 0 atom stereocenters. The van der Waals surface area contributed by atoms with Gasteiger partial charge in [-0.25, -0.2) is 0 Å². The van der Waals surface area contributed by atoms with Gasteiger partial charge in [0.2, 0.25) is 0 Å². The maximum absolute atomic E-state index is 4.25. The minimum absolute atomic E-state index is 0.956. The van der Waals surface area contributed by atoms with Gasteiger partial charge in [0.25, 0.3) is 0 Å². The molecule has 12 heavy (non-hydrogen) atoms. The standard InChI is InChI=1S/C10H9NS/c12-9-5-3-8(4-6-9)10-2-1-7-11-10/h2-7,12H,1H2. The summed E-state index contributed by atoms with van der Waals surface area (Å²) in [7, 11) is 0. The molecule has 0 aliphatic carbocycles. The van der Waals surface area contributed by atoms with Crippen LogP contribution in [-0.2, 0) is 0 Å². The minimum Gasteiger partial charge on any atom is -0.261 e. The molecule has 1 heterocycles. The van der Waals surface area contributed by atoms with E-state index < -0.39 is 0 Å². The van der Waals surface area contributed by atoms with Crippen molar-refractivity contribution in [3.05, 3.63) is 35.9 Å². The van der Waals surface area contributed by atoms with Crippen molar-refractivity contribution >= 4 is 24.5 Å². The van der Waals surface area contributed by atoms with Gasteiger partial charge < -0.3 is 0 Å². The van der Waals surface area contributed by atoms with Crippen LogP contribution in [-0.4, -0.2) is 6.21 Å². The number of aliphatic imine (C=N–C) groups is 1. The predicted octanol–water partition coefficient (Wildman–Crippen LogP) is 2.79. The molecule has 0 fully saturated rings. The van der Waals surface area contributed by atoms with Crippen molar-refractivity contribution < 1.29 is 0 Å². The zero-order valence-electron chi connectivity index (χ0n) is 6.57. The predicted molar refractivity (Wildman–Crippen MR) is 54.8 cm³/mol. The van der Waals surface area contributed by atoms with Gasteiger partial charge >= 0.3 is 0 Å². The Labute approximate surface area is 77.2 Å². The Morgan fingerprint density at radius 2 is 1.92 bits per heavy atom. The van der Waals surface area contributed by atoms with Crippen molar-refractivity contribution in [1.82, 2.24) is 0 Å². The fourth-order valence-electron chi connectivity index (χ4n) is 1.19. The lowest BCUT2D eigenvalue weighted by Gasteiger charge is -1.98. The first-order valence-corrected chi connectivity index (χ1v) is 4.33. The topological polar surface area (TPSA) is 12.4 Å². The second kappa shape index (κ2) is 3.15. The second-order valence-electron chi connectivity index (χ2n) is 2.68. The van der Waals surface area contributed by atoms with E-state index in [-0.39, 0.29) is 0 Å². The van der Waals surface area contributed by atoms with E-state index in [1.165, 1.54) is 5.56 Å². The fourth-order valence-corrected chi connectivity index (χ4v) is 1.34. The normalized spacial score (nSPS) is 14.9. The highest BCUT2D eigenvalue weighted by molar-refractivity contribution is 7.80. The van der Waals surface area contributed by atoms with Crippen LogP contribution >= 0.6 is 12.6 Å². The molecular formula is C10H9NS. The number of benzene rings is 1. The molecule has 1 nitrogen and oxygen atoms in total. The average Bonchev–Trinajstić information content (AvgIpc) is 2.58. The lowest BCUT2D eigenvalue weighted by atomic mass is 10.1. The van der Waals surface area contributed by atoms with Crippen LogP contribution in [0.5, 0.6) is 0 Å². The molecule has 0 radical (unpaired) electrons. The van der Waals surface area contributed by atoms with Crippen LogP contribution in [0.25, 0.3) is 5.70 Å². The molecule has 0 N–H and O–H groups in total. The molecule has 1 aliphatic rings. The summed E-state index contributed by atoms with van der Waals surface area (Å²) < 4.78 is 0. The molecule has 0 aromatic heterocycles. The number of hydrogen-bond donors (Lipinski definition) is 1. The lowest BCUT2D eigenvalue weighted by molar-refractivity contribution is 1.43. The summed E-state index contributed by atoms with van der Waals surface area (Å²) in [5.41, 5.74) is 2.24. The van der Waals surface area contributed by atoms with Gasteiger partial charge in [-0.15, -0.1) is 12.6 Å². The Bertz CT molecular complexity index is 335. The van der Waals surface area contributed by atoms with E-state index in [0.29, 0.717) is 0 Å². The molecule has 0 saturated carbocycles. The van der Waals surface area contributed by atoms with Gasteiger partial charge in [-0.2, -0.15) is 0 Å². The SMILES string of the molecule is Sc1ccc(C2=CCC=N2)cc1. The summed E-state index contributed by atoms with van der Waals surface area (Å²) in [6, 6.07) is 8.04. The number of rotatable bonds is 1. The molecule has 2 rings (SSSR count). The third-order valence-corrected chi connectivity index (χ3v) is 2.11. The lowest BCUT2D eigenvalue weighted by Crippen LogP contribution is -1.77. The molecule has 0 amide bonds. The molecule has 0 bridgehead atoms. The van der Waals surface area contributed by atoms with Crippen LogP contribution in [0.4, 0.5) is 0 Å². The summed E-state index contributed by atoms with van der Waals surface area (Å²) in [6.45, 7) is 0. The molecule has 0 unspecified atom stereocenters. The van der Waals surface area contributed by atoms with Gasteiger partial charge in [0.15, 0.2) is 0 Å². The third kappa shape index (κ3) is 1.43. The maximum atomic E-state index is 4.25. The summed E-state index contributed by atoms with van der Waals surface area (Å²) >= 11 is 4.22. The van der Waals surface area contributed by atoms with E-state index in [2.05, 4.69) is 23.7 Å². The van der Waals surface area contributed by atoms with Gasteiger partial charge in [-0.3, -0.25) is 4.99 Å². The molecule has 1 aliphatic heterocycles. The van der Waals surface area contributed by atoms with E-state index in [1.807, 2.05) is 30.5 Å². The fraction of sp³-hybridized carbons (Fsp3) is 0.100. The monoisotopic (exact) mass is 175 g/mol. The zero-order chi connectivity index (χ0) is 8.39. The van der Waals surface area contributed by atoms with Crippen LogP contribution in [0, 0.1) is 0 Å². The average molecular weight is 175 g/mol. The zero-order valence-corrected chi connectivity index (χ0v) is 7.46. The van der Waals surface area contributed by atoms with E-state index in [1.54, 1.807) is 0 Å². The first-order chi connectivity index (χ1) is 5.86. The van der Waals surface area contributed by atoms with Gasteiger partial charge in [0, 0.05) is 17.5 Å². The number of thiol groups is 1. The van der Waals surface area contributed by atoms with E-state index in [4.69, 9.17) is 0 Å². The quantitative estimate of drug-likeness (QED) is 0.630. The highest BCUT2D eigenvalue weighted by Crippen LogP contribution is 2.20. The molecule has 1 aromatic carbocycles. The largest absolute Gasteiger partial charge is 0.261 e. The van der Waals surface area contributed by atoms with Crippen molar-refractivity contribution in [2.75, 3.05) is 0 Å². The summed E-state index contributed by atoms with van der Waals surface area (Å²) in [5, 5.41) is 0. The van der Waals surface area contributed by atoms with Gasteiger partial charge in [-0.05, 0) is 17.7 Å². The Kier molecular flexibility index (Phi) is 2.00. The smallest absolute Gasteiger partial charge is 0.0662 e. The molecule has 1 aromatic rings. The van der Waals surface area contributed by atoms with Crippen LogP contribution in [0.3, 0.4) is 0 Å². The van der Waals surface area contributed by atoms with Gasteiger partial charge in [0.05, 0.1) is 5.70 Å². The van der Waals surface area contributed by atoms with E-state index in [0.717, 1.165) is 17.0 Å². The van der Waals surface area contributed by atoms with Crippen molar-refractivity contribution in [2.45, 2.75) is 11.3 Å².